The standard InChI is InChI=1S/C3H7NO2S/c1-3(5)4(2)7-6/h7H,1-2H3. The largest absolute Gasteiger partial charge is 0.274 e. The van der Waals surface area contributed by atoms with Crippen LogP contribution in [0.4, 0.5) is 0 Å². The molecule has 0 aromatic heterocycles. The fourth-order valence-electron chi connectivity index (χ4n) is 0.0575. The molecule has 0 saturated carbocycles. The van der Waals surface area contributed by atoms with E-state index in [0.717, 1.165) is 4.31 Å². The molecule has 0 heterocycles. The van der Waals surface area contributed by atoms with Crippen molar-refractivity contribution in [3.05, 3.63) is 0 Å². The molecule has 3 nitrogen and oxygen atoms in total. The minimum absolute atomic E-state index is 0.198. The van der Waals surface area contributed by atoms with Crippen molar-refractivity contribution in [3.63, 3.8) is 0 Å². The first-order valence-electron chi connectivity index (χ1n) is 1.76. The summed E-state index contributed by atoms with van der Waals surface area (Å²) in [6, 6.07) is 0. The van der Waals surface area contributed by atoms with E-state index in [1.807, 2.05) is 0 Å². The fourth-order valence-corrected chi connectivity index (χ4v) is 0.172. The third-order valence-corrected chi connectivity index (χ3v) is 1.10. The van der Waals surface area contributed by atoms with Gasteiger partial charge in [0.15, 0.2) is 0 Å². The number of carbonyl (C=O) groups excluding carboxylic acids is 1. The van der Waals surface area contributed by atoms with Gasteiger partial charge < -0.3 is 0 Å². The van der Waals surface area contributed by atoms with Gasteiger partial charge in [-0.15, -0.1) is 0 Å². The summed E-state index contributed by atoms with van der Waals surface area (Å²) in [7, 11) is 1.46. The van der Waals surface area contributed by atoms with E-state index in [9.17, 15) is 9.00 Å². The third kappa shape index (κ3) is 2.33. The van der Waals surface area contributed by atoms with Crippen LogP contribution in [0.25, 0.3) is 0 Å². The molecule has 1 amide bonds. The Labute approximate surface area is 45.9 Å². The molecule has 0 aromatic carbocycles. The van der Waals surface area contributed by atoms with Crippen molar-refractivity contribution in [2.45, 2.75) is 6.92 Å². The lowest BCUT2D eigenvalue weighted by Gasteiger charge is -2.00. The van der Waals surface area contributed by atoms with Crippen LogP contribution in [-0.2, 0) is 16.6 Å². The zero-order chi connectivity index (χ0) is 5.86. The molecular formula is C3H7NO2S. The Balaban J connectivity index is 3.55. The predicted molar refractivity (Wildman–Crippen MR) is 28.0 cm³/mol. The highest BCUT2D eigenvalue weighted by Crippen LogP contribution is 1.75. The Morgan fingerprint density at radius 1 is 1.71 bits per heavy atom. The van der Waals surface area contributed by atoms with Gasteiger partial charge in [0.1, 0.15) is 11.9 Å². The van der Waals surface area contributed by atoms with Crippen molar-refractivity contribution in [2.24, 2.45) is 0 Å². The first-order chi connectivity index (χ1) is 3.18. The van der Waals surface area contributed by atoms with E-state index in [4.69, 9.17) is 0 Å². The van der Waals surface area contributed by atoms with Gasteiger partial charge in [-0.1, -0.05) is 0 Å². The molecule has 0 radical (unpaired) electrons. The van der Waals surface area contributed by atoms with E-state index in [0.29, 0.717) is 0 Å². The summed E-state index contributed by atoms with van der Waals surface area (Å²) < 4.78 is 10.8. The van der Waals surface area contributed by atoms with Gasteiger partial charge in [-0.2, -0.15) is 0 Å². The molecule has 0 aliphatic heterocycles. The highest BCUT2D eigenvalue weighted by molar-refractivity contribution is 7.63. The zero-order valence-corrected chi connectivity index (χ0v) is 5.11. The first-order valence-corrected chi connectivity index (χ1v) is 2.52. The Kier molecular flexibility index (Phi) is 2.59. The Morgan fingerprint density at radius 2 is 2.14 bits per heavy atom. The quantitative estimate of drug-likeness (QED) is 0.467. The van der Waals surface area contributed by atoms with E-state index in [1.165, 1.54) is 14.0 Å². The topological polar surface area (TPSA) is 37.4 Å². The molecular weight excluding hydrogens is 114 g/mol. The predicted octanol–water partition coefficient (Wildman–Crippen LogP) is -0.675. The Hall–Kier alpha value is -0.380. The summed E-state index contributed by atoms with van der Waals surface area (Å²) in [5, 5.41) is 0. The normalized spacial score (nSPS) is 8.29. The van der Waals surface area contributed by atoms with E-state index in [1.54, 1.807) is 0 Å². The molecule has 0 rings (SSSR count). The summed E-state index contributed by atoms with van der Waals surface area (Å²) in [4.78, 5) is 10.1. The average molecular weight is 121 g/mol. The van der Waals surface area contributed by atoms with Crippen LogP contribution < -0.4 is 0 Å². The van der Waals surface area contributed by atoms with E-state index < -0.39 is 0 Å². The highest BCUT2D eigenvalue weighted by atomic mass is 32.2. The lowest BCUT2D eigenvalue weighted by molar-refractivity contribution is -0.123. The van der Waals surface area contributed by atoms with Gasteiger partial charge in [0.05, 0.1) is 0 Å². The van der Waals surface area contributed by atoms with Crippen molar-refractivity contribution in [3.8, 4) is 0 Å². The lowest BCUT2D eigenvalue weighted by atomic mass is 10.7. The van der Waals surface area contributed by atoms with Crippen LogP contribution in [0.2, 0.25) is 0 Å². The highest BCUT2D eigenvalue weighted by Gasteiger charge is 1.93. The zero-order valence-electron chi connectivity index (χ0n) is 4.21. The minimum atomic E-state index is -0.244. The second-order valence-corrected chi connectivity index (χ2v) is 1.89. The number of hydrogen-bond acceptors (Lipinski definition) is 2. The van der Waals surface area contributed by atoms with Crippen LogP contribution in [0, 0.1) is 0 Å². The van der Waals surface area contributed by atoms with Gasteiger partial charge in [-0.3, -0.25) is 9.10 Å². The molecule has 0 fully saturated rings. The smallest absolute Gasteiger partial charge is 0.230 e. The monoisotopic (exact) mass is 121 g/mol. The third-order valence-electron chi connectivity index (χ3n) is 0.578. The molecule has 7 heavy (non-hydrogen) atoms. The van der Waals surface area contributed by atoms with Crippen LogP contribution in [0.15, 0.2) is 0 Å². The molecule has 0 bridgehead atoms. The van der Waals surface area contributed by atoms with Crippen LogP contribution in [0.1, 0.15) is 6.92 Å². The van der Waals surface area contributed by atoms with Gasteiger partial charge in [0.25, 0.3) is 0 Å². The van der Waals surface area contributed by atoms with Gasteiger partial charge in [0, 0.05) is 14.0 Å². The number of rotatable bonds is 1. The second-order valence-electron chi connectivity index (χ2n) is 1.12. The summed E-state index contributed by atoms with van der Waals surface area (Å²) >= 11 is -0.244. The number of hydrogen-bond donors (Lipinski definition) is 1. The van der Waals surface area contributed by atoms with Crippen LogP contribution >= 0.6 is 0 Å². The van der Waals surface area contributed by atoms with Gasteiger partial charge >= 0.3 is 0 Å². The fraction of sp³-hybridized carbons (Fsp3) is 0.667. The molecule has 0 N–H and O–H groups in total. The van der Waals surface area contributed by atoms with E-state index >= 15 is 0 Å². The molecule has 4 heteroatoms. The van der Waals surface area contributed by atoms with Crippen LogP contribution in [-0.4, -0.2) is 21.5 Å². The molecule has 0 unspecified atom stereocenters. The molecule has 0 atom stereocenters. The summed E-state index contributed by atoms with van der Waals surface area (Å²) in [6.07, 6.45) is 0. The van der Waals surface area contributed by atoms with Gasteiger partial charge in [0.2, 0.25) is 5.91 Å². The summed E-state index contributed by atoms with van der Waals surface area (Å²) in [5.41, 5.74) is 0. The van der Waals surface area contributed by atoms with Crippen molar-refractivity contribution in [2.75, 3.05) is 7.05 Å². The molecule has 0 aliphatic rings. The average Bonchev–Trinajstić information content (AvgIpc) is 1.65. The molecule has 0 aromatic rings. The number of amides is 1. The summed E-state index contributed by atoms with van der Waals surface area (Å²) in [5.74, 6) is -0.198. The van der Waals surface area contributed by atoms with Crippen molar-refractivity contribution < 1.29 is 9.00 Å². The minimum Gasteiger partial charge on any atom is -0.274 e. The summed E-state index contributed by atoms with van der Waals surface area (Å²) in [6.45, 7) is 1.35. The van der Waals surface area contributed by atoms with Gasteiger partial charge in [-0.25, -0.2) is 4.21 Å². The first kappa shape index (κ1) is 6.62. The second kappa shape index (κ2) is 2.74. The van der Waals surface area contributed by atoms with Gasteiger partial charge in [-0.05, 0) is 0 Å². The lowest BCUT2D eigenvalue weighted by Crippen LogP contribution is -2.17. The molecule has 42 valence electrons. The molecule has 0 saturated heterocycles. The SMILES string of the molecule is CC(=O)N(C)[SH]=O. The number of nitrogens with zero attached hydrogens (tertiary/aromatic N) is 1. The van der Waals surface area contributed by atoms with Crippen molar-refractivity contribution in [1.82, 2.24) is 4.31 Å². The number of carbonyl (C=O) groups is 1. The van der Waals surface area contributed by atoms with Crippen LogP contribution in [0.5, 0.6) is 0 Å². The van der Waals surface area contributed by atoms with E-state index in [2.05, 4.69) is 0 Å². The van der Waals surface area contributed by atoms with Crippen molar-refractivity contribution >= 4 is 17.8 Å². The van der Waals surface area contributed by atoms with Crippen LogP contribution in [0.3, 0.4) is 0 Å². The Morgan fingerprint density at radius 3 is 2.14 bits per heavy atom. The molecule has 0 spiro atoms. The van der Waals surface area contributed by atoms with E-state index in [-0.39, 0.29) is 17.8 Å². The molecule has 0 aliphatic carbocycles. The maximum absolute atomic E-state index is 10.1. The maximum Gasteiger partial charge on any atom is 0.230 e. The van der Waals surface area contributed by atoms with Crippen molar-refractivity contribution in [1.29, 1.82) is 0 Å². The number of thiol groups is 1. The maximum atomic E-state index is 10.1. The Bertz CT molecular complexity index is 92.9.